The Morgan fingerprint density at radius 2 is 2.10 bits per heavy atom. The van der Waals surface area contributed by atoms with Gasteiger partial charge in [0.15, 0.2) is 5.69 Å². The van der Waals surface area contributed by atoms with Crippen LogP contribution < -0.4 is 4.31 Å². The zero-order valence-electron chi connectivity index (χ0n) is 10.3. The standard InChI is InChI=1S/C12H8N2O4S3/c15-12(16)10-11(19-6-13-10)14(21(17)18)9-5-7-3-1-2-4-8(7)20-9/h1-6H,(H,15,16)(H,17,18). The summed E-state index contributed by atoms with van der Waals surface area (Å²) in [6, 6.07) is 9.28. The van der Waals surface area contributed by atoms with Crippen LogP contribution in [-0.2, 0) is 11.3 Å². The molecule has 0 amide bonds. The molecule has 1 aromatic carbocycles. The molecule has 0 aliphatic carbocycles. The van der Waals surface area contributed by atoms with Crippen LogP contribution >= 0.6 is 22.7 Å². The summed E-state index contributed by atoms with van der Waals surface area (Å²) in [5, 5.41) is 10.7. The van der Waals surface area contributed by atoms with Gasteiger partial charge in [-0.15, -0.1) is 22.7 Å². The molecule has 1 atom stereocenters. The molecule has 0 aliphatic rings. The number of carbonyl (C=O) groups is 1. The van der Waals surface area contributed by atoms with Crippen molar-refractivity contribution in [2.75, 3.05) is 4.31 Å². The molecule has 2 aromatic heterocycles. The number of thiazole rings is 1. The molecule has 0 saturated carbocycles. The van der Waals surface area contributed by atoms with E-state index in [2.05, 4.69) is 4.98 Å². The van der Waals surface area contributed by atoms with Crippen molar-refractivity contribution in [3.63, 3.8) is 0 Å². The lowest BCUT2D eigenvalue weighted by Gasteiger charge is -2.15. The van der Waals surface area contributed by atoms with Gasteiger partial charge >= 0.3 is 5.97 Å². The molecule has 0 bridgehead atoms. The van der Waals surface area contributed by atoms with E-state index in [1.54, 1.807) is 6.07 Å². The Morgan fingerprint density at radius 1 is 1.33 bits per heavy atom. The highest BCUT2D eigenvalue weighted by Gasteiger charge is 2.26. The largest absolute Gasteiger partial charge is 0.476 e. The highest BCUT2D eigenvalue weighted by molar-refractivity contribution is 7.81. The summed E-state index contributed by atoms with van der Waals surface area (Å²) in [6.45, 7) is 0. The number of carboxylic acid groups (broad SMARTS) is 1. The van der Waals surface area contributed by atoms with Gasteiger partial charge in [0.25, 0.3) is 11.3 Å². The fourth-order valence-electron chi connectivity index (χ4n) is 1.85. The fourth-order valence-corrected chi connectivity index (χ4v) is 4.64. The topological polar surface area (TPSA) is 90.7 Å². The maximum absolute atomic E-state index is 11.7. The van der Waals surface area contributed by atoms with Gasteiger partial charge in [0, 0.05) is 4.70 Å². The van der Waals surface area contributed by atoms with Crippen molar-refractivity contribution in [3.8, 4) is 0 Å². The molecular formula is C12H8N2O4S3. The summed E-state index contributed by atoms with van der Waals surface area (Å²) in [6.07, 6.45) is 0. The number of benzene rings is 1. The lowest BCUT2D eigenvalue weighted by molar-refractivity contribution is 0.0692. The minimum absolute atomic E-state index is 0.134. The molecule has 0 radical (unpaired) electrons. The van der Waals surface area contributed by atoms with Gasteiger partial charge in [-0.2, -0.15) is 0 Å². The molecule has 0 aliphatic heterocycles. The fraction of sp³-hybridized carbons (Fsp3) is 0. The second kappa shape index (κ2) is 5.53. The Balaban J connectivity index is 2.16. The number of nitrogens with zero attached hydrogens (tertiary/aromatic N) is 2. The van der Waals surface area contributed by atoms with Crippen LogP contribution in [0.2, 0.25) is 0 Å². The number of hydrogen-bond donors (Lipinski definition) is 2. The summed E-state index contributed by atoms with van der Waals surface area (Å²) in [5.41, 5.74) is 1.10. The van der Waals surface area contributed by atoms with Crippen molar-refractivity contribution in [3.05, 3.63) is 41.5 Å². The van der Waals surface area contributed by atoms with Crippen molar-refractivity contribution >= 4 is 60.0 Å². The lowest BCUT2D eigenvalue weighted by Crippen LogP contribution is -2.19. The van der Waals surface area contributed by atoms with E-state index in [-0.39, 0.29) is 10.7 Å². The first kappa shape index (κ1) is 14.1. The lowest BCUT2D eigenvalue weighted by atomic mass is 10.3. The molecule has 3 rings (SSSR count). The van der Waals surface area contributed by atoms with Crippen LogP contribution in [0, 0.1) is 0 Å². The predicted octanol–water partition coefficient (Wildman–Crippen LogP) is 3.33. The van der Waals surface area contributed by atoms with E-state index in [1.807, 2.05) is 24.3 Å². The molecular weight excluding hydrogens is 332 g/mol. The van der Waals surface area contributed by atoms with Crippen LogP contribution in [0.15, 0.2) is 35.8 Å². The van der Waals surface area contributed by atoms with E-state index in [4.69, 9.17) is 5.11 Å². The van der Waals surface area contributed by atoms with Gasteiger partial charge in [0.1, 0.15) is 10.0 Å². The molecule has 1 unspecified atom stereocenters. The van der Waals surface area contributed by atoms with E-state index < -0.39 is 17.2 Å². The Labute approximate surface area is 129 Å². The summed E-state index contributed by atoms with van der Waals surface area (Å²) >= 11 is -0.0685. The molecule has 9 heteroatoms. The van der Waals surface area contributed by atoms with E-state index >= 15 is 0 Å². The minimum atomic E-state index is -2.39. The van der Waals surface area contributed by atoms with Gasteiger partial charge < -0.3 is 5.11 Å². The monoisotopic (exact) mass is 340 g/mol. The zero-order chi connectivity index (χ0) is 15.0. The zero-order valence-corrected chi connectivity index (χ0v) is 12.7. The number of aromatic nitrogens is 1. The number of aromatic carboxylic acids is 1. The Hall–Kier alpha value is -1.81. The number of thiophene rings is 1. The summed E-state index contributed by atoms with van der Waals surface area (Å²) in [5.74, 6) is -1.23. The summed E-state index contributed by atoms with van der Waals surface area (Å²) < 4.78 is 23.3. The molecule has 3 aromatic rings. The molecule has 108 valence electrons. The predicted molar refractivity (Wildman–Crippen MR) is 83.8 cm³/mol. The number of carboxylic acids is 1. The molecule has 0 spiro atoms. The summed E-state index contributed by atoms with van der Waals surface area (Å²) in [7, 11) is 0. The number of anilines is 2. The molecule has 6 nitrogen and oxygen atoms in total. The van der Waals surface area contributed by atoms with Gasteiger partial charge in [0.2, 0.25) is 0 Å². The van der Waals surface area contributed by atoms with Gasteiger partial charge in [-0.25, -0.2) is 18.3 Å². The Morgan fingerprint density at radius 3 is 2.76 bits per heavy atom. The third kappa shape index (κ3) is 2.56. The second-order valence-corrected chi connectivity index (χ2v) is 6.68. The maximum atomic E-state index is 11.7. The highest BCUT2D eigenvalue weighted by Crippen LogP contribution is 2.40. The molecule has 2 heterocycles. The van der Waals surface area contributed by atoms with E-state index in [0.717, 1.165) is 25.7 Å². The Kier molecular flexibility index (Phi) is 3.72. The first-order chi connectivity index (χ1) is 10.1. The average molecular weight is 340 g/mol. The first-order valence-electron chi connectivity index (χ1n) is 5.64. The van der Waals surface area contributed by atoms with Crippen molar-refractivity contribution in [2.45, 2.75) is 0 Å². The van der Waals surface area contributed by atoms with Gasteiger partial charge in [-0.05, 0) is 17.5 Å². The van der Waals surface area contributed by atoms with Crippen LogP contribution in [0.25, 0.3) is 10.1 Å². The quantitative estimate of drug-likeness (QED) is 0.711. The normalized spacial score (nSPS) is 12.4. The Bertz CT molecular complexity index is 809. The van der Waals surface area contributed by atoms with Crippen molar-refractivity contribution < 1.29 is 18.7 Å². The van der Waals surface area contributed by atoms with Crippen molar-refractivity contribution in [2.24, 2.45) is 0 Å². The second-order valence-electron chi connectivity index (χ2n) is 3.96. The van der Waals surface area contributed by atoms with Crippen LogP contribution in [0.1, 0.15) is 10.5 Å². The molecule has 0 saturated heterocycles. The SMILES string of the molecule is O=C(O)c1ncsc1N(c1cc2ccccc2s1)S(=O)O. The summed E-state index contributed by atoms with van der Waals surface area (Å²) in [4.78, 5) is 14.9. The van der Waals surface area contributed by atoms with E-state index in [0.29, 0.717) is 5.00 Å². The highest BCUT2D eigenvalue weighted by atomic mass is 32.2. The van der Waals surface area contributed by atoms with Crippen molar-refractivity contribution in [1.29, 1.82) is 0 Å². The smallest absolute Gasteiger partial charge is 0.357 e. The number of fused-ring (bicyclic) bond motifs is 1. The molecule has 2 N–H and O–H groups in total. The average Bonchev–Trinajstić information content (AvgIpc) is 3.04. The van der Waals surface area contributed by atoms with Gasteiger partial charge in [0.05, 0.1) is 5.51 Å². The van der Waals surface area contributed by atoms with Crippen LogP contribution in [0.4, 0.5) is 10.0 Å². The van der Waals surface area contributed by atoms with E-state index in [1.165, 1.54) is 16.8 Å². The third-order valence-corrected chi connectivity index (χ3v) is 5.54. The van der Waals surface area contributed by atoms with Gasteiger partial charge in [-0.1, -0.05) is 18.2 Å². The third-order valence-electron chi connectivity index (χ3n) is 2.70. The van der Waals surface area contributed by atoms with E-state index in [9.17, 15) is 13.6 Å². The van der Waals surface area contributed by atoms with Gasteiger partial charge in [-0.3, -0.25) is 4.55 Å². The molecule has 0 fully saturated rings. The number of rotatable bonds is 4. The first-order valence-corrected chi connectivity index (χ1v) is 8.40. The minimum Gasteiger partial charge on any atom is -0.476 e. The van der Waals surface area contributed by atoms with Crippen LogP contribution in [-0.4, -0.2) is 24.8 Å². The maximum Gasteiger partial charge on any atom is 0.357 e. The van der Waals surface area contributed by atoms with Crippen LogP contribution in [0.3, 0.4) is 0 Å². The van der Waals surface area contributed by atoms with Crippen LogP contribution in [0.5, 0.6) is 0 Å². The number of hydrogen-bond acceptors (Lipinski definition) is 5. The van der Waals surface area contributed by atoms with Crippen molar-refractivity contribution in [1.82, 2.24) is 4.98 Å². The molecule has 21 heavy (non-hydrogen) atoms.